The van der Waals surface area contributed by atoms with Crippen LogP contribution in [0.4, 0.5) is 4.39 Å². The van der Waals surface area contributed by atoms with E-state index in [-0.39, 0.29) is 18.7 Å². The molecule has 0 fully saturated rings. The summed E-state index contributed by atoms with van der Waals surface area (Å²) in [5.41, 5.74) is 0.695. The minimum Gasteiger partial charge on any atom is -0.480 e. The third-order valence-electron chi connectivity index (χ3n) is 4.27. The maximum absolute atomic E-state index is 13.0. The predicted molar refractivity (Wildman–Crippen MR) is 106 cm³/mol. The molecule has 144 valence electrons. The van der Waals surface area contributed by atoms with Gasteiger partial charge in [0, 0.05) is 17.4 Å². The average Bonchev–Trinajstić information content (AvgIpc) is 3.11. The Balaban J connectivity index is 1.68. The summed E-state index contributed by atoms with van der Waals surface area (Å²) in [5.74, 6) is -1.85. The Hall–Kier alpha value is -3.06. The molecule has 5 nitrogen and oxygen atoms in total. The van der Waals surface area contributed by atoms with Crippen LogP contribution in [0.25, 0.3) is 10.6 Å². The number of aromatic nitrogens is 1. The minimum absolute atomic E-state index is 0.0324. The number of hydrogen-bond donors (Lipinski definition) is 2. The number of thiazole rings is 1. The standard InChI is InChI=1S/C21H19FN2O3S/c1-21(20(26)27,12-14-5-3-2-4-6-14)24-18(25)11-17-13-28-19(23-17)15-7-9-16(22)10-8-15/h2-10,13H,11-12H2,1H3,(H,24,25)(H,26,27). The quantitative estimate of drug-likeness (QED) is 0.636. The number of aliphatic carboxylic acids is 1. The van der Waals surface area contributed by atoms with Gasteiger partial charge in [-0.15, -0.1) is 11.3 Å². The average molecular weight is 398 g/mol. The van der Waals surface area contributed by atoms with Crippen LogP contribution in [-0.4, -0.2) is 27.5 Å². The van der Waals surface area contributed by atoms with Crippen LogP contribution in [0.15, 0.2) is 60.0 Å². The maximum atomic E-state index is 13.0. The van der Waals surface area contributed by atoms with Crippen LogP contribution >= 0.6 is 11.3 Å². The van der Waals surface area contributed by atoms with Crippen molar-refractivity contribution in [2.75, 3.05) is 0 Å². The summed E-state index contributed by atoms with van der Waals surface area (Å²) in [6, 6.07) is 15.1. The van der Waals surface area contributed by atoms with Crippen molar-refractivity contribution in [1.82, 2.24) is 10.3 Å². The number of amides is 1. The number of carboxylic acids is 1. The van der Waals surface area contributed by atoms with E-state index in [9.17, 15) is 19.1 Å². The lowest BCUT2D eigenvalue weighted by atomic mass is 9.92. The van der Waals surface area contributed by atoms with Gasteiger partial charge >= 0.3 is 5.97 Å². The molecule has 1 amide bonds. The molecular formula is C21H19FN2O3S. The normalized spacial score (nSPS) is 12.9. The molecule has 1 heterocycles. The van der Waals surface area contributed by atoms with Crippen molar-refractivity contribution in [3.05, 3.63) is 77.1 Å². The van der Waals surface area contributed by atoms with Crippen LogP contribution in [0, 0.1) is 5.82 Å². The zero-order valence-corrected chi connectivity index (χ0v) is 16.0. The first-order valence-corrected chi connectivity index (χ1v) is 9.52. The Morgan fingerprint density at radius 1 is 1.14 bits per heavy atom. The number of carbonyl (C=O) groups excluding carboxylic acids is 1. The zero-order chi connectivity index (χ0) is 20.1. The molecule has 3 aromatic rings. The Bertz CT molecular complexity index is 973. The van der Waals surface area contributed by atoms with Crippen LogP contribution in [0.5, 0.6) is 0 Å². The highest BCUT2D eigenvalue weighted by atomic mass is 32.1. The second-order valence-electron chi connectivity index (χ2n) is 6.68. The fraction of sp³-hybridized carbons (Fsp3) is 0.190. The van der Waals surface area contributed by atoms with Crippen molar-refractivity contribution >= 4 is 23.2 Å². The predicted octanol–water partition coefficient (Wildman–Crippen LogP) is 3.69. The highest BCUT2D eigenvalue weighted by Gasteiger charge is 2.35. The number of nitrogens with one attached hydrogen (secondary N) is 1. The summed E-state index contributed by atoms with van der Waals surface area (Å²) in [7, 11) is 0. The minimum atomic E-state index is -1.42. The van der Waals surface area contributed by atoms with Gasteiger partial charge in [-0.2, -0.15) is 0 Å². The van der Waals surface area contributed by atoms with Crippen molar-refractivity contribution in [2.45, 2.75) is 25.3 Å². The van der Waals surface area contributed by atoms with Gasteiger partial charge in [-0.25, -0.2) is 14.2 Å². The fourth-order valence-electron chi connectivity index (χ4n) is 2.81. The molecule has 0 saturated carbocycles. The molecule has 0 saturated heterocycles. The van der Waals surface area contributed by atoms with Gasteiger partial charge in [-0.05, 0) is 36.8 Å². The van der Waals surface area contributed by atoms with E-state index in [1.54, 1.807) is 17.5 Å². The van der Waals surface area contributed by atoms with Gasteiger partial charge < -0.3 is 10.4 Å². The number of rotatable bonds is 7. The molecule has 2 N–H and O–H groups in total. The molecule has 2 aromatic carbocycles. The lowest BCUT2D eigenvalue weighted by Gasteiger charge is -2.26. The summed E-state index contributed by atoms with van der Waals surface area (Å²) < 4.78 is 13.0. The van der Waals surface area contributed by atoms with Crippen molar-refractivity contribution in [1.29, 1.82) is 0 Å². The molecule has 0 aliphatic carbocycles. The fourth-order valence-corrected chi connectivity index (χ4v) is 3.63. The smallest absolute Gasteiger partial charge is 0.329 e. The summed E-state index contributed by atoms with van der Waals surface area (Å²) in [6.07, 6.45) is 0.141. The molecule has 1 aromatic heterocycles. The number of halogens is 1. The molecule has 0 aliphatic rings. The third kappa shape index (κ3) is 4.80. The zero-order valence-electron chi connectivity index (χ0n) is 15.2. The Labute approximate surface area is 165 Å². The van der Waals surface area contributed by atoms with E-state index in [4.69, 9.17) is 0 Å². The lowest BCUT2D eigenvalue weighted by Crippen LogP contribution is -2.54. The molecule has 1 unspecified atom stereocenters. The van der Waals surface area contributed by atoms with Crippen molar-refractivity contribution < 1.29 is 19.1 Å². The van der Waals surface area contributed by atoms with Gasteiger partial charge in [0.15, 0.2) is 0 Å². The second kappa shape index (κ2) is 8.31. The topological polar surface area (TPSA) is 79.3 Å². The van der Waals surface area contributed by atoms with Crippen LogP contribution in [-0.2, 0) is 22.4 Å². The van der Waals surface area contributed by atoms with E-state index in [0.717, 1.165) is 11.1 Å². The Kier molecular flexibility index (Phi) is 5.84. The molecule has 0 bridgehead atoms. The number of benzene rings is 2. The van der Waals surface area contributed by atoms with E-state index >= 15 is 0 Å². The summed E-state index contributed by atoms with van der Waals surface area (Å²) >= 11 is 1.35. The SMILES string of the molecule is CC(Cc1ccccc1)(NC(=O)Cc1csc(-c2ccc(F)cc2)n1)C(=O)O. The molecule has 0 radical (unpaired) electrons. The molecular weight excluding hydrogens is 379 g/mol. The number of carboxylic acid groups (broad SMARTS) is 1. The molecule has 0 aliphatic heterocycles. The van der Waals surface area contributed by atoms with Crippen LogP contribution in [0.2, 0.25) is 0 Å². The third-order valence-corrected chi connectivity index (χ3v) is 5.21. The Morgan fingerprint density at radius 3 is 2.46 bits per heavy atom. The van der Waals surface area contributed by atoms with Gasteiger partial charge in [-0.1, -0.05) is 30.3 Å². The first-order valence-electron chi connectivity index (χ1n) is 8.64. The van der Waals surface area contributed by atoms with Crippen molar-refractivity contribution in [3.8, 4) is 10.6 Å². The first-order chi connectivity index (χ1) is 13.4. The molecule has 1 atom stereocenters. The number of nitrogens with zero attached hydrogens (tertiary/aromatic N) is 1. The van der Waals surface area contributed by atoms with E-state index in [1.807, 2.05) is 30.3 Å². The van der Waals surface area contributed by atoms with Crippen LogP contribution < -0.4 is 5.32 Å². The second-order valence-corrected chi connectivity index (χ2v) is 7.53. The van der Waals surface area contributed by atoms with Gasteiger partial charge in [0.25, 0.3) is 0 Å². The summed E-state index contributed by atoms with van der Waals surface area (Å²) in [6.45, 7) is 1.49. The van der Waals surface area contributed by atoms with E-state index < -0.39 is 17.4 Å². The van der Waals surface area contributed by atoms with E-state index in [0.29, 0.717) is 10.7 Å². The number of hydrogen-bond acceptors (Lipinski definition) is 4. The number of carbonyl (C=O) groups is 2. The summed E-state index contributed by atoms with van der Waals surface area (Å²) in [5, 5.41) is 14.7. The summed E-state index contributed by atoms with van der Waals surface area (Å²) in [4.78, 5) is 28.6. The van der Waals surface area contributed by atoms with Gasteiger partial charge in [0.1, 0.15) is 16.4 Å². The lowest BCUT2D eigenvalue weighted by molar-refractivity contribution is -0.146. The Morgan fingerprint density at radius 2 is 1.82 bits per heavy atom. The van der Waals surface area contributed by atoms with E-state index in [2.05, 4.69) is 10.3 Å². The van der Waals surface area contributed by atoms with Crippen molar-refractivity contribution in [2.24, 2.45) is 0 Å². The van der Waals surface area contributed by atoms with Crippen molar-refractivity contribution in [3.63, 3.8) is 0 Å². The van der Waals surface area contributed by atoms with Crippen LogP contribution in [0.3, 0.4) is 0 Å². The van der Waals surface area contributed by atoms with Gasteiger partial charge in [0.2, 0.25) is 5.91 Å². The highest BCUT2D eigenvalue weighted by molar-refractivity contribution is 7.13. The van der Waals surface area contributed by atoms with Crippen LogP contribution in [0.1, 0.15) is 18.2 Å². The first kappa shape index (κ1) is 19.7. The molecule has 28 heavy (non-hydrogen) atoms. The monoisotopic (exact) mass is 398 g/mol. The molecule has 3 rings (SSSR count). The largest absolute Gasteiger partial charge is 0.480 e. The molecule has 0 spiro atoms. The highest BCUT2D eigenvalue weighted by Crippen LogP contribution is 2.24. The molecule has 7 heteroatoms. The van der Waals surface area contributed by atoms with Gasteiger partial charge in [-0.3, -0.25) is 4.79 Å². The van der Waals surface area contributed by atoms with E-state index in [1.165, 1.54) is 30.4 Å². The maximum Gasteiger partial charge on any atom is 0.329 e. The van der Waals surface area contributed by atoms with Gasteiger partial charge in [0.05, 0.1) is 12.1 Å².